The van der Waals surface area contributed by atoms with E-state index in [2.05, 4.69) is 20.1 Å². The van der Waals surface area contributed by atoms with Crippen LogP contribution in [0, 0.1) is 0 Å². The molecular formula is C23H20ClF6N5O. The average molecular weight is 532 g/mol. The molecule has 13 heteroatoms. The zero-order valence-corrected chi connectivity index (χ0v) is 20.2. The molecular weight excluding hydrogens is 512 g/mol. The van der Waals surface area contributed by atoms with Crippen LogP contribution in [0.5, 0.6) is 5.88 Å². The molecule has 3 aromatic heterocycles. The van der Waals surface area contributed by atoms with E-state index < -0.39 is 35.8 Å². The molecule has 0 saturated carbocycles. The minimum absolute atomic E-state index is 0.0999. The molecule has 4 rings (SSSR count). The molecule has 1 N–H and O–H groups in total. The van der Waals surface area contributed by atoms with E-state index in [1.54, 1.807) is 7.05 Å². The standard InChI is InChI=1S/C23H20ClF6N5O/c1-21(2,3)18-15(24)17(35(4)34-18)19-31-14-9-13(11-7-5-6-8-12(11)23(28,29)30)32-20(16(14)33-19)36-10-22(25,26)27/h5-9H,10H2,1-4H3,(H,31,33). The highest BCUT2D eigenvalue weighted by molar-refractivity contribution is 6.33. The first-order valence-electron chi connectivity index (χ1n) is 10.6. The van der Waals surface area contributed by atoms with Crippen LogP contribution in [0.1, 0.15) is 32.0 Å². The Hall–Kier alpha value is -3.28. The number of imidazole rings is 1. The van der Waals surface area contributed by atoms with Gasteiger partial charge in [-0.3, -0.25) is 4.68 Å². The van der Waals surface area contributed by atoms with E-state index in [-0.39, 0.29) is 33.1 Å². The maximum absolute atomic E-state index is 13.6. The molecule has 0 aliphatic carbocycles. The van der Waals surface area contributed by atoms with Crippen LogP contribution in [0.25, 0.3) is 33.8 Å². The highest BCUT2D eigenvalue weighted by Gasteiger charge is 2.35. The summed E-state index contributed by atoms with van der Waals surface area (Å²) < 4.78 is 85.9. The third kappa shape index (κ3) is 4.99. The van der Waals surface area contributed by atoms with Crippen molar-refractivity contribution in [1.29, 1.82) is 0 Å². The first-order valence-corrected chi connectivity index (χ1v) is 10.9. The molecule has 0 unspecified atom stereocenters. The number of fused-ring (bicyclic) bond motifs is 1. The molecule has 0 aliphatic heterocycles. The van der Waals surface area contributed by atoms with E-state index in [0.29, 0.717) is 11.4 Å². The molecule has 1 aromatic carbocycles. The number of alkyl halides is 6. The van der Waals surface area contributed by atoms with Crippen LogP contribution < -0.4 is 4.74 Å². The minimum Gasteiger partial charge on any atom is -0.466 e. The number of rotatable bonds is 4. The number of aromatic nitrogens is 5. The van der Waals surface area contributed by atoms with Gasteiger partial charge in [0.05, 0.1) is 27.5 Å². The lowest BCUT2D eigenvalue weighted by Gasteiger charge is -2.15. The van der Waals surface area contributed by atoms with Crippen molar-refractivity contribution < 1.29 is 31.1 Å². The number of nitrogens with one attached hydrogen (secondary N) is 1. The fourth-order valence-corrected chi connectivity index (χ4v) is 4.21. The maximum Gasteiger partial charge on any atom is 0.422 e. The summed E-state index contributed by atoms with van der Waals surface area (Å²) in [6.45, 7) is 4.01. The van der Waals surface area contributed by atoms with E-state index in [9.17, 15) is 26.3 Å². The molecule has 0 fully saturated rings. The van der Waals surface area contributed by atoms with Crippen molar-refractivity contribution in [3.8, 4) is 28.7 Å². The van der Waals surface area contributed by atoms with Crippen molar-refractivity contribution in [2.75, 3.05) is 6.61 Å². The molecule has 0 atom stereocenters. The second-order valence-electron chi connectivity index (χ2n) is 9.13. The minimum atomic E-state index is -4.72. The van der Waals surface area contributed by atoms with E-state index in [1.807, 2.05) is 20.8 Å². The Balaban J connectivity index is 1.94. The summed E-state index contributed by atoms with van der Waals surface area (Å²) >= 11 is 6.57. The summed E-state index contributed by atoms with van der Waals surface area (Å²) in [5.41, 5.74) is -1.07. The lowest BCUT2D eigenvalue weighted by atomic mass is 9.92. The van der Waals surface area contributed by atoms with Crippen LogP contribution in [0.15, 0.2) is 30.3 Å². The van der Waals surface area contributed by atoms with E-state index in [1.165, 1.54) is 28.9 Å². The third-order valence-electron chi connectivity index (χ3n) is 5.24. The largest absolute Gasteiger partial charge is 0.466 e. The molecule has 3 heterocycles. The van der Waals surface area contributed by atoms with Gasteiger partial charge in [0, 0.05) is 18.0 Å². The number of benzene rings is 1. The number of H-pyrrole nitrogens is 1. The zero-order valence-electron chi connectivity index (χ0n) is 19.4. The van der Waals surface area contributed by atoms with Crippen LogP contribution >= 0.6 is 11.6 Å². The number of ether oxygens (including phenoxy) is 1. The van der Waals surface area contributed by atoms with Crippen molar-refractivity contribution in [3.63, 3.8) is 0 Å². The van der Waals surface area contributed by atoms with Crippen molar-refractivity contribution >= 4 is 22.6 Å². The smallest absolute Gasteiger partial charge is 0.422 e. The summed E-state index contributed by atoms with van der Waals surface area (Å²) in [5.74, 6) is -0.436. The van der Waals surface area contributed by atoms with Gasteiger partial charge in [-0.25, -0.2) is 9.97 Å². The second kappa shape index (κ2) is 8.68. The Bertz CT molecular complexity index is 1430. The first-order chi connectivity index (χ1) is 16.6. The first kappa shape index (κ1) is 25.8. The maximum atomic E-state index is 13.6. The molecule has 0 amide bonds. The van der Waals surface area contributed by atoms with Gasteiger partial charge in [-0.05, 0) is 12.1 Å². The van der Waals surface area contributed by atoms with Crippen LogP contribution in [-0.4, -0.2) is 37.5 Å². The Morgan fingerprint density at radius 3 is 2.28 bits per heavy atom. The number of aryl methyl sites for hydroxylation is 1. The Kier molecular flexibility index (Phi) is 6.22. The fraction of sp³-hybridized carbons (Fsp3) is 0.348. The molecule has 0 aliphatic rings. The molecule has 4 aromatic rings. The predicted molar refractivity (Wildman–Crippen MR) is 122 cm³/mol. The van der Waals surface area contributed by atoms with E-state index in [0.717, 1.165) is 6.07 Å². The number of aromatic amines is 1. The fourth-order valence-electron chi connectivity index (χ4n) is 3.67. The zero-order chi connectivity index (χ0) is 26.6. The van der Waals surface area contributed by atoms with Gasteiger partial charge < -0.3 is 9.72 Å². The van der Waals surface area contributed by atoms with Gasteiger partial charge in [-0.2, -0.15) is 31.4 Å². The lowest BCUT2D eigenvalue weighted by Crippen LogP contribution is -2.20. The summed E-state index contributed by atoms with van der Waals surface area (Å²) in [6, 6.07) is 5.88. The highest BCUT2D eigenvalue weighted by atomic mass is 35.5. The molecule has 36 heavy (non-hydrogen) atoms. The third-order valence-corrected chi connectivity index (χ3v) is 5.60. The van der Waals surface area contributed by atoms with Crippen LogP contribution in [-0.2, 0) is 18.6 Å². The van der Waals surface area contributed by atoms with Gasteiger partial charge >= 0.3 is 12.4 Å². The monoisotopic (exact) mass is 531 g/mol. The molecule has 0 bridgehead atoms. The quantitative estimate of drug-likeness (QED) is 0.290. The van der Waals surface area contributed by atoms with E-state index >= 15 is 0 Å². The molecule has 6 nitrogen and oxygen atoms in total. The Morgan fingerprint density at radius 2 is 1.69 bits per heavy atom. The van der Waals surface area contributed by atoms with Gasteiger partial charge in [0.25, 0.3) is 0 Å². The van der Waals surface area contributed by atoms with Crippen molar-refractivity contribution in [2.45, 2.75) is 38.5 Å². The van der Waals surface area contributed by atoms with Crippen molar-refractivity contribution in [1.82, 2.24) is 24.7 Å². The normalized spacial score (nSPS) is 13.0. The Labute approximate surface area is 206 Å². The van der Waals surface area contributed by atoms with Gasteiger partial charge in [0.15, 0.2) is 17.9 Å². The van der Waals surface area contributed by atoms with Crippen LogP contribution in [0.4, 0.5) is 26.3 Å². The van der Waals surface area contributed by atoms with E-state index in [4.69, 9.17) is 16.3 Å². The number of halogens is 7. The second-order valence-corrected chi connectivity index (χ2v) is 9.50. The SMILES string of the molecule is Cn1nc(C(C)(C)C)c(Cl)c1-c1nc2c(OCC(F)(F)F)nc(-c3ccccc3C(F)(F)F)cc2[nH]1. The predicted octanol–water partition coefficient (Wildman–Crippen LogP) is 6.94. The van der Waals surface area contributed by atoms with Crippen LogP contribution in [0.3, 0.4) is 0 Å². The number of hydrogen-bond donors (Lipinski definition) is 1. The van der Waals surface area contributed by atoms with Crippen molar-refractivity contribution in [3.05, 3.63) is 46.6 Å². The topological polar surface area (TPSA) is 68.6 Å². The van der Waals surface area contributed by atoms with Crippen molar-refractivity contribution in [2.24, 2.45) is 7.05 Å². The van der Waals surface area contributed by atoms with Gasteiger partial charge in [0.2, 0.25) is 5.88 Å². The average Bonchev–Trinajstić information content (AvgIpc) is 3.30. The van der Waals surface area contributed by atoms with Gasteiger partial charge in [-0.15, -0.1) is 0 Å². The molecule has 0 saturated heterocycles. The lowest BCUT2D eigenvalue weighted by molar-refractivity contribution is -0.153. The molecule has 0 radical (unpaired) electrons. The number of pyridine rings is 1. The summed E-state index contributed by atoms with van der Waals surface area (Å²) in [7, 11) is 1.62. The number of hydrogen-bond acceptors (Lipinski definition) is 4. The Morgan fingerprint density at radius 1 is 1.03 bits per heavy atom. The van der Waals surface area contributed by atoms with Gasteiger partial charge in [-0.1, -0.05) is 50.6 Å². The molecule has 192 valence electrons. The summed E-state index contributed by atoms with van der Waals surface area (Å²) in [4.78, 5) is 11.2. The van der Waals surface area contributed by atoms with Crippen LogP contribution in [0.2, 0.25) is 5.02 Å². The number of nitrogens with zero attached hydrogens (tertiary/aromatic N) is 4. The van der Waals surface area contributed by atoms with Gasteiger partial charge in [0.1, 0.15) is 5.69 Å². The highest BCUT2D eigenvalue weighted by Crippen LogP contribution is 2.40. The summed E-state index contributed by atoms with van der Waals surface area (Å²) in [6.07, 6.45) is -9.43. The summed E-state index contributed by atoms with van der Waals surface area (Å²) in [5, 5.41) is 4.70. The molecule has 0 spiro atoms.